The first-order valence-corrected chi connectivity index (χ1v) is 8.70. The lowest BCUT2D eigenvalue weighted by Crippen LogP contribution is -2.45. The van der Waals surface area contributed by atoms with E-state index in [1.807, 2.05) is 0 Å². The summed E-state index contributed by atoms with van der Waals surface area (Å²) in [6.07, 6.45) is 2.18. The van der Waals surface area contributed by atoms with Gasteiger partial charge in [0.2, 0.25) is 0 Å². The first-order valence-electron chi connectivity index (χ1n) is 8.70. The fourth-order valence-corrected chi connectivity index (χ4v) is 3.45. The van der Waals surface area contributed by atoms with Crippen molar-refractivity contribution in [2.75, 3.05) is 26.2 Å². The minimum absolute atomic E-state index is 0.945. The topological polar surface area (TPSA) is 23.8 Å². The summed E-state index contributed by atoms with van der Waals surface area (Å²) in [6, 6.07) is 17.0. The zero-order chi connectivity index (χ0) is 16.4. The number of imidazole rings is 1. The Kier molecular flexibility index (Phi) is 4.32. The van der Waals surface area contributed by atoms with Gasteiger partial charge in [0, 0.05) is 51.2 Å². The Morgan fingerprint density at radius 3 is 2.25 bits per heavy atom. The Hall–Kier alpha value is -2.17. The number of aromatic nitrogens is 2. The highest BCUT2D eigenvalue weighted by Gasteiger charge is 2.18. The van der Waals surface area contributed by atoms with Gasteiger partial charge in [0.25, 0.3) is 0 Å². The number of benzene rings is 1. The van der Waals surface area contributed by atoms with E-state index in [0.29, 0.717) is 0 Å². The summed E-state index contributed by atoms with van der Waals surface area (Å²) >= 11 is 0. The number of pyridine rings is 1. The smallest absolute Gasteiger partial charge is 0.137 e. The van der Waals surface area contributed by atoms with Crippen molar-refractivity contribution in [3.05, 3.63) is 71.7 Å². The van der Waals surface area contributed by atoms with E-state index in [9.17, 15) is 0 Å². The van der Waals surface area contributed by atoms with Crippen LogP contribution in [0.1, 0.15) is 17.0 Å². The van der Waals surface area contributed by atoms with Gasteiger partial charge in [-0.2, -0.15) is 0 Å². The Balaban J connectivity index is 1.35. The largest absolute Gasteiger partial charge is 0.304 e. The summed E-state index contributed by atoms with van der Waals surface area (Å²) in [5.41, 5.74) is 4.86. The van der Waals surface area contributed by atoms with Crippen LogP contribution in [0.4, 0.5) is 0 Å². The molecule has 1 saturated heterocycles. The van der Waals surface area contributed by atoms with Crippen LogP contribution >= 0.6 is 0 Å². The van der Waals surface area contributed by atoms with E-state index in [1.54, 1.807) is 0 Å². The van der Waals surface area contributed by atoms with E-state index in [4.69, 9.17) is 4.98 Å². The van der Waals surface area contributed by atoms with Gasteiger partial charge in [-0.3, -0.25) is 9.80 Å². The molecule has 0 amide bonds. The highest BCUT2D eigenvalue weighted by molar-refractivity contribution is 5.41. The second kappa shape index (κ2) is 6.75. The second-order valence-electron chi connectivity index (χ2n) is 6.67. The molecule has 0 aliphatic carbocycles. The van der Waals surface area contributed by atoms with E-state index in [0.717, 1.165) is 44.9 Å². The van der Waals surface area contributed by atoms with Gasteiger partial charge in [0.05, 0.1) is 5.69 Å². The van der Waals surface area contributed by atoms with Crippen LogP contribution in [-0.4, -0.2) is 45.4 Å². The molecule has 2 aromatic heterocycles. The number of hydrogen-bond donors (Lipinski definition) is 0. The molecular formula is C20H24N4. The van der Waals surface area contributed by atoms with Crippen molar-refractivity contribution in [3.63, 3.8) is 0 Å². The van der Waals surface area contributed by atoms with Crippen LogP contribution in [0.5, 0.6) is 0 Å². The zero-order valence-corrected chi connectivity index (χ0v) is 14.2. The van der Waals surface area contributed by atoms with Gasteiger partial charge < -0.3 is 4.40 Å². The number of rotatable bonds is 4. The fourth-order valence-electron chi connectivity index (χ4n) is 3.45. The molecule has 4 rings (SSSR count). The SMILES string of the molecule is Cc1cccc2nc(CN3CCN(Cc4ccccc4)CC3)cn12. The predicted octanol–water partition coefficient (Wildman–Crippen LogP) is 2.96. The van der Waals surface area contributed by atoms with Crippen molar-refractivity contribution >= 4 is 5.65 Å². The summed E-state index contributed by atoms with van der Waals surface area (Å²) in [7, 11) is 0. The van der Waals surface area contributed by atoms with Crippen molar-refractivity contribution in [3.8, 4) is 0 Å². The van der Waals surface area contributed by atoms with E-state index >= 15 is 0 Å². The zero-order valence-electron chi connectivity index (χ0n) is 14.2. The lowest BCUT2D eigenvalue weighted by atomic mass is 10.2. The molecule has 0 spiro atoms. The number of hydrogen-bond acceptors (Lipinski definition) is 3. The summed E-state index contributed by atoms with van der Waals surface area (Å²) in [5.74, 6) is 0. The number of piperazine rings is 1. The maximum atomic E-state index is 4.76. The molecule has 1 aromatic carbocycles. The maximum Gasteiger partial charge on any atom is 0.137 e. The highest BCUT2D eigenvalue weighted by atomic mass is 15.3. The predicted molar refractivity (Wildman–Crippen MR) is 96.9 cm³/mol. The molecule has 1 fully saturated rings. The molecule has 0 unspecified atom stereocenters. The van der Waals surface area contributed by atoms with Crippen molar-refractivity contribution in [1.82, 2.24) is 19.2 Å². The van der Waals surface area contributed by atoms with Gasteiger partial charge in [-0.25, -0.2) is 4.98 Å². The second-order valence-corrected chi connectivity index (χ2v) is 6.67. The summed E-state index contributed by atoms with van der Waals surface area (Å²) in [4.78, 5) is 9.82. The molecule has 1 aliphatic heterocycles. The summed E-state index contributed by atoms with van der Waals surface area (Å²) < 4.78 is 2.18. The average Bonchev–Trinajstić information content (AvgIpc) is 3.02. The standard InChI is InChI=1S/C20H24N4/c1-17-6-5-9-20-21-19(16-24(17)20)15-23-12-10-22(11-13-23)14-18-7-3-2-4-8-18/h2-9,16H,10-15H2,1H3. The van der Waals surface area contributed by atoms with E-state index < -0.39 is 0 Å². The Bertz CT molecular complexity index is 801. The van der Waals surface area contributed by atoms with Gasteiger partial charge in [0.15, 0.2) is 0 Å². The normalized spacial score (nSPS) is 16.7. The molecule has 4 nitrogen and oxygen atoms in total. The van der Waals surface area contributed by atoms with Gasteiger partial charge in [-0.15, -0.1) is 0 Å². The van der Waals surface area contributed by atoms with Crippen LogP contribution in [0.25, 0.3) is 5.65 Å². The maximum absolute atomic E-state index is 4.76. The van der Waals surface area contributed by atoms with Gasteiger partial charge in [0.1, 0.15) is 5.65 Å². The number of fused-ring (bicyclic) bond motifs is 1. The van der Waals surface area contributed by atoms with Crippen LogP contribution in [0.2, 0.25) is 0 Å². The Morgan fingerprint density at radius 1 is 0.833 bits per heavy atom. The quantitative estimate of drug-likeness (QED) is 0.738. The fraction of sp³-hybridized carbons (Fsp3) is 0.350. The average molecular weight is 320 g/mol. The van der Waals surface area contributed by atoms with Crippen molar-refractivity contribution in [1.29, 1.82) is 0 Å². The number of nitrogens with zero attached hydrogens (tertiary/aromatic N) is 4. The van der Waals surface area contributed by atoms with Crippen molar-refractivity contribution in [2.24, 2.45) is 0 Å². The first kappa shape index (κ1) is 15.4. The van der Waals surface area contributed by atoms with Gasteiger partial charge in [-0.05, 0) is 24.6 Å². The monoisotopic (exact) mass is 320 g/mol. The lowest BCUT2D eigenvalue weighted by Gasteiger charge is -2.34. The highest BCUT2D eigenvalue weighted by Crippen LogP contribution is 2.13. The molecule has 0 bridgehead atoms. The van der Waals surface area contributed by atoms with Crippen molar-refractivity contribution < 1.29 is 0 Å². The number of aryl methyl sites for hydroxylation is 1. The molecule has 0 N–H and O–H groups in total. The molecule has 24 heavy (non-hydrogen) atoms. The third-order valence-corrected chi connectivity index (χ3v) is 4.85. The summed E-state index contributed by atoms with van der Waals surface area (Å²) in [5, 5.41) is 0. The lowest BCUT2D eigenvalue weighted by molar-refractivity contribution is 0.121. The Labute approximate surface area is 143 Å². The minimum Gasteiger partial charge on any atom is -0.304 e. The van der Waals surface area contributed by atoms with Crippen LogP contribution in [0, 0.1) is 6.92 Å². The molecule has 4 heteroatoms. The molecule has 0 saturated carbocycles. The van der Waals surface area contributed by atoms with E-state index in [-0.39, 0.29) is 0 Å². The molecule has 3 heterocycles. The third-order valence-electron chi connectivity index (χ3n) is 4.85. The van der Waals surface area contributed by atoms with Crippen LogP contribution in [0.15, 0.2) is 54.7 Å². The summed E-state index contributed by atoms with van der Waals surface area (Å²) in [6.45, 7) is 8.60. The van der Waals surface area contributed by atoms with Crippen LogP contribution in [0.3, 0.4) is 0 Å². The van der Waals surface area contributed by atoms with Crippen LogP contribution in [-0.2, 0) is 13.1 Å². The van der Waals surface area contributed by atoms with Crippen molar-refractivity contribution in [2.45, 2.75) is 20.0 Å². The minimum atomic E-state index is 0.945. The molecule has 124 valence electrons. The third kappa shape index (κ3) is 3.35. The van der Waals surface area contributed by atoms with Gasteiger partial charge in [-0.1, -0.05) is 36.4 Å². The van der Waals surface area contributed by atoms with E-state index in [2.05, 4.69) is 75.9 Å². The molecular weight excluding hydrogens is 296 g/mol. The molecule has 3 aromatic rings. The van der Waals surface area contributed by atoms with Crippen LogP contribution < -0.4 is 0 Å². The molecule has 0 atom stereocenters. The van der Waals surface area contributed by atoms with E-state index in [1.165, 1.54) is 17.0 Å². The van der Waals surface area contributed by atoms with Gasteiger partial charge >= 0.3 is 0 Å². The Morgan fingerprint density at radius 2 is 1.54 bits per heavy atom. The first-order chi connectivity index (χ1) is 11.8. The molecule has 1 aliphatic rings. The molecule has 0 radical (unpaired) electrons.